The summed E-state index contributed by atoms with van der Waals surface area (Å²) in [4.78, 5) is 3.88. The van der Waals surface area contributed by atoms with Gasteiger partial charge in [0.2, 0.25) is 6.39 Å². The van der Waals surface area contributed by atoms with Gasteiger partial charge in [0, 0.05) is 12.1 Å². The summed E-state index contributed by atoms with van der Waals surface area (Å²) in [5, 5.41) is 9.52. The summed E-state index contributed by atoms with van der Waals surface area (Å²) < 4.78 is 35.7. The van der Waals surface area contributed by atoms with Gasteiger partial charge in [0.1, 0.15) is 5.52 Å². The Kier molecular flexibility index (Phi) is 2.00. The molecule has 17 heavy (non-hydrogen) atoms. The smallest absolute Gasteiger partial charge is 0.323 e. The van der Waals surface area contributed by atoms with Gasteiger partial charge >= 0.3 is 12.0 Å². The van der Waals surface area contributed by atoms with Crippen LogP contribution >= 0.6 is 0 Å². The molecule has 1 N–H and O–H groups in total. The van der Waals surface area contributed by atoms with Crippen LogP contribution in [0.4, 0.5) is 20.8 Å². The van der Waals surface area contributed by atoms with Gasteiger partial charge in [-0.05, 0) is 0 Å². The quantitative estimate of drug-likeness (QED) is 0.737. The van der Waals surface area contributed by atoms with E-state index in [9.17, 15) is 8.78 Å². The van der Waals surface area contributed by atoms with Crippen LogP contribution in [-0.4, -0.2) is 15.2 Å². The summed E-state index contributed by atoms with van der Waals surface area (Å²) in [6, 6.07) is 1.93. The van der Waals surface area contributed by atoms with Gasteiger partial charge in [0.15, 0.2) is 17.2 Å². The summed E-state index contributed by atoms with van der Waals surface area (Å²) in [5.41, 5.74) is 0.303. The lowest BCUT2D eigenvalue weighted by Crippen LogP contribution is -1.89. The molecule has 0 unspecified atom stereocenters. The maximum atomic E-state index is 12.9. The second-order valence-corrected chi connectivity index (χ2v) is 3.12. The second-order valence-electron chi connectivity index (χ2n) is 3.12. The van der Waals surface area contributed by atoms with Crippen LogP contribution in [-0.2, 0) is 0 Å². The maximum absolute atomic E-state index is 12.9. The van der Waals surface area contributed by atoms with E-state index in [1.54, 1.807) is 0 Å². The lowest BCUT2D eigenvalue weighted by Gasteiger charge is -1.90. The number of fused-ring (bicyclic) bond motifs is 1. The molecule has 2 heterocycles. The molecule has 0 radical (unpaired) electrons. The van der Waals surface area contributed by atoms with E-state index in [1.807, 2.05) is 0 Å². The first-order valence-electron chi connectivity index (χ1n) is 4.51. The predicted molar refractivity (Wildman–Crippen MR) is 51.5 cm³/mol. The van der Waals surface area contributed by atoms with Gasteiger partial charge in [0.25, 0.3) is 0 Å². The average Bonchev–Trinajstić information content (AvgIpc) is 2.89. The van der Waals surface area contributed by atoms with E-state index >= 15 is 0 Å². The summed E-state index contributed by atoms with van der Waals surface area (Å²) in [6.45, 7) is 0. The third kappa shape index (κ3) is 1.69. The molecule has 0 atom stereocenters. The third-order valence-corrected chi connectivity index (χ3v) is 2.00. The minimum absolute atomic E-state index is 0.00856. The van der Waals surface area contributed by atoms with Gasteiger partial charge in [-0.1, -0.05) is 5.10 Å². The van der Waals surface area contributed by atoms with E-state index in [2.05, 4.69) is 20.5 Å². The molecule has 0 aliphatic heterocycles. The zero-order valence-electron chi connectivity index (χ0n) is 8.15. The highest BCUT2D eigenvalue weighted by Crippen LogP contribution is 2.23. The Balaban J connectivity index is 2.02. The highest BCUT2D eigenvalue weighted by atomic mass is 19.2. The third-order valence-electron chi connectivity index (χ3n) is 2.00. The molecule has 0 saturated heterocycles. The van der Waals surface area contributed by atoms with Crippen molar-refractivity contribution < 1.29 is 17.6 Å². The Bertz CT molecular complexity index is 626. The van der Waals surface area contributed by atoms with Gasteiger partial charge in [-0.3, -0.25) is 5.32 Å². The number of benzene rings is 1. The Hall–Kier alpha value is -2.51. The van der Waals surface area contributed by atoms with Gasteiger partial charge in [-0.15, -0.1) is 5.10 Å². The molecular formula is C9H4F2N4O2. The predicted octanol–water partition coefficient (Wildman–Crippen LogP) is 2.23. The zero-order chi connectivity index (χ0) is 11.8. The molecule has 6 nitrogen and oxygen atoms in total. The molecule has 1 aromatic carbocycles. The summed E-state index contributed by atoms with van der Waals surface area (Å²) in [5.74, 6) is -1.99. The van der Waals surface area contributed by atoms with Crippen molar-refractivity contribution in [3.05, 3.63) is 30.2 Å². The van der Waals surface area contributed by atoms with Crippen LogP contribution < -0.4 is 5.32 Å². The number of nitrogens with one attached hydrogen (secondary N) is 1. The van der Waals surface area contributed by atoms with E-state index < -0.39 is 11.6 Å². The maximum Gasteiger partial charge on any atom is 0.323 e. The first-order chi connectivity index (χ1) is 8.22. The number of aromatic nitrogens is 3. The molecule has 3 rings (SSSR count). The Morgan fingerprint density at radius 2 is 1.94 bits per heavy atom. The van der Waals surface area contributed by atoms with E-state index in [4.69, 9.17) is 8.83 Å². The van der Waals surface area contributed by atoms with Crippen molar-refractivity contribution in [3.8, 4) is 0 Å². The Morgan fingerprint density at radius 3 is 2.71 bits per heavy atom. The molecule has 3 aromatic rings. The molecule has 0 fully saturated rings. The van der Waals surface area contributed by atoms with Crippen LogP contribution in [0.2, 0.25) is 0 Å². The lowest BCUT2D eigenvalue weighted by atomic mass is 10.3. The lowest BCUT2D eigenvalue weighted by molar-refractivity contribution is 0.507. The van der Waals surface area contributed by atoms with Crippen molar-refractivity contribution in [3.63, 3.8) is 0 Å². The Labute approximate surface area is 92.3 Å². The van der Waals surface area contributed by atoms with Crippen LogP contribution in [0.5, 0.6) is 0 Å². The molecule has 8 heteroatoms. The van der Waals surface area contributed by atoms with Crippen LogP contribution in [0.15, 0.2) is 27.4 Å². The average molecular weight is 238 g/mol. The number of halogens is 2. The van der Waals surface area contributed by atoms with Crippen molar-refractivity contribution in [2.24, 2.45) is 0 Å². The van der Waals surface area contributed by atoms with E-state index in [0.29, 0.717) is 0 Å². The van der Waals surface area contributed by atoms with Crippen LogP contribution in [0.1, 0.15) is 0 Å². The first-order valence-corrected chi connectivity index (χ1v) is 4.51. The fourth-order valence-corrected chi connectivity index (χ4v) is 1.30. The molecule has 0 amide bonds. The van der Waals surface area contributed by atoms with E-state index in [0.717, 1.165) is 18.5 Å². The highest BCUT2D eigenvalue weighted by molar-refractivity contribution is 5.75. The molecule has 0 aliphatic carbocycles. The SMILES string of the molecule is Fc1cc2nc(Nc3nnco3)oc2cc1F. The van der Waals surface area contributed by atoms with Crippen LogP contribution in [0.3, 0.4) is 0 Å². The normalized spacial score (nSPS) is 10.9. The largest absolute Gasteiger partial charge is 0.423 e. The summed E-state index contributed by atoms with van der Waals surface area (Å²) >= 11 is 0. The Morgan fingerprint density at radius 1 is 1.12 bits per heavy atom. The molecule has 86 valence electrons. The fourth-order valence-electron chi connectivity index (χ4n) is 1.30. The van der Waals surface area contributed by atoms with Crippen LogP contribution in [0, 0.1) is 11.6 Å². The van der Waals surface area contributed by atoms with Crippen LogP contribution in [0.25, 0.3) is 11.1 Å². The monoisotopic (exact) mass is 238 g/mol. The van der Waals surface area contributed by atoms with Gasteiger partial charge in [-0.2, -0.15) is 4.98 Å². The van der Waals surface area contributed by atoms with Gasteiger partial charge in [-0.25, -0.2) is 8.78 Å². The molecular weight excluding hydrogens is 234 g/mol. The molecule has 0 spiro atoms. The first kappa shape index (κ1) is 9.70. The van der Waals surface area contributed by atoms with Gasteiger partial charge in [0.05, 0.1) is 0 Å². The van der Waals surface area contributed by atoms with E-state index in [1.165, 1.54) is 0 Å². The van der Waals surface area contributed by atoms with E-state index in [-0.39, 0.29) is 23.1 Å². The van der Waals surface area contributed by atoms with Crippen molar-refractivity contribution in [2.45, 2.75) is 0 Å². The number of hydrogen-bond donors (Lipinski definition) is 1. The van der Waals surface area contributed by atoms with Crippen molar-refractivity contribution in [1.82, 2.24) is 15.2 Å². The van der Waals surface area contributed by atoms with Crippen molar-refractivity contribution >= 4 is 23.1 Å². The topological polar surface area (TPSA) is 77.0 Å². The van der Waals surface area contributed by atoms with Crippen molar-refractivity contribution in [1.29, 1.82) is 0 Å². The molecule has 2 aromatic heterocycles. The summed E-state index contributed by atoms with van der Waals surface area (Å²) in [6.07, 6.45) is 1.12. The minimum Gasteiger partial charge on any atom is -0.423 e. The fraction of sp³-hybridized carbons (Fsp3) is 0. The molecule has 0 bridgehead atoms. The summed E-state index contributed by atoms with van der Waals surface area (Å²) in [7, 11) is 0. The molecule has 0 saturated carbocycles. The number of hydrogen-bond acceptors (Lipinski definition) is 6. The standard InChI is InChI=1S/C9H4F2N4O2/c10-4-1-6-7(2-5(4)11)17-8(13-6)14-9-15-12-3-16-9/h1-3H,(H,13,14,15). The number of rotatable bonds is 2. The molecule has 0 aliphatic rings. The highest BCUT2D eigenvalue weighted by Gasteiger charge is 2.12. The van der Waals surface area contributed by atoms with Crippen molar-refractivity contribution in [2.75, 3.05) is 5.32 Å². The van der Waals surface area contributed by atoms with Gasteiger partial charge < -0.3 is 8.83 Å². The minimum atomic E-state index is -1.00. The number of anilines is 2. The number of oxazole rings is 1. The zero-order valence-corrected chi connectivity index (χ0v) is 8.15. The second kappa shape index (κ2) is 3.51. The number of nitrogens with zero attached hydrogens (tertiary/aromatic N) is 3.